The maximum Gasteiger partial charge on any atom is 0.416 e. The van der Waals surface area contributed by atoms with Gasteiger partial charge in [0.1, 0.15) is 0 Å². The third-order valence-corrected chi connectivity index (χ3v) is 3.59. The number of carbonyl (C=O) groups is 1. The number of benzene rings is 2. The van der Waals surface area contributed by atoms with Crippen molar-refractivity contribution in [1.82, 2.24) is 0 Å². The summed E-state index contributed by atoms with van der Waals surface area (Å²) >= 11 is 1.64. The summed E-state index contributed by atoms with van der Waals surface area (Å²) in [5, 5.41) is 2.59. The number of amides is 1. The molecule has 0 unspecified atom stereocenters. The molecule has 2 rings (SSSR count). The van der Waals surface area contributed by atoms with E-state index in [1.54, 1.807) is 30.0 Å². The number of thioether (sulfide) groups is 1. The van der Waals surface area contributed by atoms with E-state index in [0.29, 0.717) is 11.3 Å². The monoisotopic (exact) mass is 325 g/mol. The maximum absolute atomic E-state index is 12.5. The molecule has 1 amide bonds. The van der Waals surface area contributed by atoms with Crippen LogP contribution in [0, 0.1) is 0 Å². The molecule has 0 bridgehead atoms. The van der Waals surface area contributed by atoms with Crippen LogP contribution in [-0.2, 0) is 11.9 Å². The van der Waals surface area contributed by atoms with Crippen molar-refractivity contribution in [2.75, 3.05) is 11.6 Å². The van der Waals surface area contributed by atoms with E-state index in [1.165, 1.54) is 12.1 Å². The predicted octanol–water partition coefficient (Wildman–Crippen LogP) is 4.82. The van der Waals surface area contributed by atoms with Gasteiger partial charge in [-0.2, -0.15) is 24.9 Å². The Balaban J connectivity index is 2.10. The topological polar surface area (TPSA) is 29.1 Å². The lowest BCUT2D eigenvalue weighted by atomic mass is 10.1. The molecule has 0 aromatic heterocycles. The number of hydrogen-bond acceptors (Lipinski definition) is 2. The molecule has 0 aliphatic heterocycles. The third kappa shape index (κ3) is 4.27. The Hall–Kier alpha value is -1.95. The Bertz CT molecular complexity index is 653. The molecule has 1 N–H and O–H groups in total. The van der Waals surface area contributed by atoms with Crippen LogP contribution in [0.3, 0.4) is 0 Å². The molecule has 0 radical (unpaired) electrons. The van der Waals surface area contributed by atoms with Gasteiger partial charge in [-0.1, -0.05) is 12.1 Å². The first kappa shape index (κ1) is 16.4. The summed E-state index contributed by atoms with van der Waals surface area (Å²) < 4.78 is 37.4. The van der Waals surface area contributed by atoms with Crippen LogP contribution in [0.2, 0.25) is 0 Å². The molecule has 0 aliphatic rings. The Labute approximate surface area is 130 Å². The first-order valence-corrected chi connectivity index (χ1v) is 7.86. The van der Waals surface area contributed by atoms with Crippen molar-refractivity contribution < 1.29 is 18.0 Å². The van der Waals surface area contributed by atoms with Crippen LogP contribution in [0.1, 0.15) is 21.5 Å². The highest BCUT2D eigenvalue weighted by atomic mass is 32.2. The normalized spacial score (nSPS) is 11.3. The highest BCUT2D eigenvalue weighted by molar-refractivity contribution is 7.97. The molecule has 0 fully saturated rings. The van der Waals surface area contributed by atoms with E-state index in [1.807, 2.05) is 12.3 Å². The van der Waals surface area contributed by atoms with Crippen LogP contribution < -0.4 is 5.32 Å². The summed E-state index contributed by atoms with van der Waals surface area (Å²) in [5.74, 6) is 0.448. The lowest BCUT2D eigenvalue weighted by Crippen LogP contribution is -2.12. The van der Waals surface area contributed by atoms with E-state index in [9.17, 15) is 18.0 Å². The van der Waals surface area contributed by atoms with Crippen molar-refractivity contribution in [2.45, 2.75) is 11.9 Å². The molecule has 2 aromatic carbocycles. The average molecular weight is 325 g/mol. The van der Waals surface area contributed by atoms with Gasteiger partial charge in [0.25, 0.3) is 5.91 Å². The summed E-state index contributed by atoms with van der Waals surface area (Å²) in [4.78, 5) is 12.1. The molecular weight excluding hydrogens is 311 g/mol. The zero-order valence-electron chi connectivity index (χ0n) is 11.8. The van der Waals surface area contributed by atoms with E-state index >= 15 is 0 Å². The minimum Gasteiger partial charge on any atom is -0.322 e. The zero-order chi connectivity index (χ0) is 16.2. The second-order valence-electron chi connectivity index (χ2n) is 4.66. The van der Waals surface area contributed by atoms with Crippen LogP contribution >= 0.6 is 11.8 Å². The van der Waals surface area contributed by atoms with Crippen molar-refractivity contribution >= 4 is 23.4 Å². The number of rotatable bonds is 4. The van der Waals surface area contributed by atoms with Crippen LogP contribution in [0.15, 0.2) is 48.5 Å². The van der Waals surface area contributed by atoms with Gasteiger partial charge < -0.3 is 5.32 Å². The molecule has 0 heterocycles. The molecule has 2 nitrogen and oxygen atoms in total. The van der Waals surface area contributed by atoms with Gasteiger partial charge in [-0.05, 0) is 48.2 Å². The van der Waals surface area contributed by atoms with E-state index in [0.717, 1.165) is 23.4 Å². The molecule has 116 valence electrons. The molecule has 0 spiro atoms. The van der Waals surface area contributed by atoms with Gasteiger partial charge >= 0.3 is 6.18 Å². The summed E-state index contributed by atoms with van der Waals surface area (Å²) in [6, 6.07) is 11.5. The van der Waals surface area contributed by atoms with Crippen LogP contribution in [0.5, 0.6) is 0 Å². The van der Waals surface area contributed by atoms with Crippen molar-refractivity contribution in [3.8, 4) is 0 Å². The summed E-state index contributed by atoms with van der Waals surface area (Å²) in [6.07, 6.45) is -2.41. The average Bonchev–Trinajstić information content (AvgIpc) is 2.47. The number of halogens is 3. The molecule has 2 aromatic rings. The second kappa shape index (κ2) is 6.87. The van der Waals surface area contributed by atoms with E-state index in [2.05, 4.69) is 5.32 Å². The SMILES string of the molecule is CSCc1cccc(C(=O)Nc2ccc(C(F)(F)F)cc2)c1. The lowest BCUT2D eigenvalue weighted by molar-refractivity contribution is -0.137. The first-order chi connectivity index (χ1) is 10.4. The van der Waals surface area contributed by atoms with E-state index < -0.39 is 11.7 Å². The number of carbonyl (C=O) groups excluding carboxylic acids is 1. The Morgan fingerprint density at radius 2 is 1.82 bits per heavy atom. The Kier molecular flexibility index (Phi) is 5.13. The first-order valence-electron chi connectivity index (χ1n) is 6.46. The molecule has 0 aliphatic carbocycles. The zero-order valence-corrected chi connectivity index (χ0v) is 12.6. The largest absolute Gasteiger partial charge is 0.416 e. The van der Waals surface area contributed by atoms with Gasteiger partial charge in [0.05, 0.1) is 5.56 Å². The van der Waals surface area contributed by atoms with Crippen molar-refractivity contribution in [3.63, 3.8) is 0 Å². The summed E-state index contributed by atoms with van der Waals surface area (Å²) in [6.45, 7) is 0. The predicted molar refractivity (Wildman–Crippen MR) is 83.1 cm³/mol. The highest BCUT2D eigenvalue weighted by Crippen LogP contribution is 2.29. The minimum absolute atomic E-state index is 0.327. The fourth-order valence-corrected chi connectivity index (χ4v) is 2.43. The van der Waals surface area contributed by atoms with Crippen molar-refractivity contribution in [1.29, 1.82) is 0 Å². The van der Waals surface area contributed by atoms with Gasteiger partial charge in [0, 0.05) is 17.0 Å². The summed E-state index contributed by atoms with van der Waals surface area (Å²) in [5.41, 5.74) is 1.08. The van der Waals surface area contributed by atoms with Crippen LogP contribution in [0.4, 0.5) is 18.9 Å². The maximum atomic E-state index is 12.5. The van der Waals surface area contributed by atoms with Gasteiger partial charge in [0.15, 0.2) is 0 Å². The highest BCUT2D eigenvalue weighted by Gasteiger charge is 2.29. The lowest BCUT2D eigenvalue weighted by Gasteiger charge is -2.09. The Morgan fingerprint density at radius 3 is 2.41 bits per heavy atom. The van der Waals surface area contributed by atoms with E-state index in [4.69, 9.17) is 0 Å². The number of alkyl halides is 3. The van der Waals surface area contributed by atoms with Crippen LogP contribution in [-0.4, -0.2) is 12.2 Å². The fraction of sp³-hybridized carbons (Fsp3) is 0.188. The molecule has 0 saturated heterocycles. The molecule has 0 saturated carbocycles. The summed E-state index contributed by atoms with van der Waals surface area (Å²) in [7, 11) is 0. The van der Waals surface area contributed by atoms with Crippen LogP contribution in [0.25, 0.3) is 0 Å². The third-order valence-electron chi connectivity index (χ3n) is 2.97. The second-order valence-corrected chi connectivity index (χ2v) is 5.53. The smallest absolute Gasteiger partial charge is 0.322 e. The minimum atomic E-state index is -4.38. The van der Waals surface area contributed by atoms with Crippen molar-refractivity contribution in [2.24, 2.45) is 0 Å². The molecule has 0 atom stereocenters. The Morgan fingerprint density at radius 1 is 1.14 bits per heavy atom. The number of anilines is 1. The van der Waals surface area contributed by atoms with Gasteiger partial charge in [0.2, 0.25) is 0 Å². The fourth-order valence-electron chi connectivity index (χ4n) is 1.91. The molecule has 22 heavy (non-hydrogen) atoms. The van der Waals surface area contributed by atoms with Gasteiger partial charge in [-0.3, -0.25) is 4.79 Å². The number of nitrogens with one attached hydrogen (secondary N) is 1. The number of hydrogen-bond donors (Lipinski definition) is 1. The van der Waals surface area contributed by atoms with Gasteiger partial charge in [-0.15, -0.1) is 0 Å². The standard InChI is InChI=1S/C16H14F3NOS/c1-22-10-11-3-2-4-12(9-11)15(21)20-14-7-5-13(6-8-14)16(17,18)19/h2-9H,10H2,1H3,(H,20,21). The quantitative estimate of drug-likeness (QED) is 0.873. The van der Waals surface area contributed by atoms with E-state index in [-0.39, 0.29) is 5.91 Å². The van der Waals surface area contributed by atoms with Crippen molar-refractivity contribution in [3.05, 3.63) is 65.2 Å². The molecular formula is C16H14F3NOS. The molecule has 6 heteroatoms. The van der Waals surface area contributed by atoms with Gasteiger partial charge in [-0.25, -0.2) is 0 Å².